The third-order valence-electron chi connectivity index (χ3n) is 9.42. The number of fused-ring (bicyclic) bond motifs is 3. The Kier molecular flexibility index (Phi) is 7.18. The van der Waals surface area contributed by atoms with E-state index < -0.39 is 0 Å². The second kappa shape index (κ2) is 12.3. The zero-order chi connectivity index (χ0) is 32.6. The maximum absolute atomic E-state index is 5.03. The first-order valence-corrected chi connectivity index (χ1v) is 16.7. The maximum atomic E-state index is 5.03. The lowest BCUT2D eigenvalue weighted by atomic mass is 9.93. The van der Waals surface area contributed by atoms with Crippen LogP contribution in [0, 0.1) is 0 Å². The zero-order valence-electron chi connectivity index (χ0n) is 26.9. The van der Waals surface area contributed by atoms with Crippen molar-refractivity contribution in [1.82, 2.24) is 9.55 Å². The van der Waals surface area contributed by atoms with Crippen LogP contribution in [0.5, 0.6) is 0 Å². The average Bonchev–Trinajstić information content (AvgIpc) is 3.53. The van der Waals surface area contributed by atoms with Crippen LogP contribution < -0.4 is 0 Å². The first-order chi connectivity index (χ1) is 24.3. The lowest BCUT2D eigenvalue weighted by molar-refractivity contribution is 1.14. The van der Waals surface area contributed by atoms with Gasteiger partial charge in [-0.25, -0.2) is 0 Å². The summed E-state index contributed by atoms with van der Waals surface area (Å²) in [5.41, 5.74) is 14.9. The molecule has 2 aromatic heterocycles. The Hall–Kier alpha value is -6.51. The number of aromatic nitrogens is 2. The van der Waals surface area contributed by atoms with Crippen molar-refractivity contribution in [2.45, 2.75) is 0 Å². The van der Waals surface area contributed by atoms with Gasteiger partial charge in [-0.15, -0.1) is 0 Å². The molecule has 0 spiro atoms. The second-order valence-corrected chi connectivity index (χ2v) is 12.4. The summed E-state index contributed by atoms with van der Waals surface area (Å²) in [6.45, 7) is 0. The fourth-order valence-electron chi connectivity index (χ4n) is 7.10. The zero-order valence-corrected chi connectivity index (χ0v) is 26.9. The van der Waals surface area contributed by atoms with E-state index in [2.05, 4.69) is 187 Å². The fraction of sp³-hybridized carbons (Fsp3) is 0. The molecule has 7 aromatic carbocycles. The lowest BCUT2D eigenvalue weighted by Crippen LogP contribution is -1.99. The SMILES string of the molecule is c1ccc(-c2cc(-c3ccccc3)c3c(c2)c2cc(-c4ccccc4)cc(-c4ccccc4)c2n3-c2ccc(-c3ccccc3)nc2)cc1. The third kappa shape index (κ3) is 5.21. The Morgan fingerprint density at radius 3 is 1.10 bits per heavy atom. The smallest absolute Gasteiger partial charge is 0.0703 e. The molecule has 2 nitrogen and oxygen atoms in total. The predicted octanol–water partition coefficient (Wildman–Crippen LogP) is 12.5. The molecule has 0 amide bonds. The minimum absolute atomic E-state index is 0.953. The van der Waals surface area contributed by atoms with Gasteiger partial charge in [-0.2, -0.15) is 0 Å². The highest BCUT2D eigenvalue weighted by atomic mass is 15.0. The fourth-order valence-corrected chi connectivity index (χ4v) is 7.10. The van der Waals surface area contributed by atoms with Crippen molar-refractivity contribution in [2.24, 2.45) is 0 Å². The number of nitrogens with zero attached hydrogens (tertiary/aromatic N) is 2. The molecule has 0 bridgehead atoms. The van der Waals surface area contributed by atoms with Gasteiger partial charge in [0.15, 0.2) is 0 Å². The monoisotopic (exact) mass is 624 g/mol. The van der Waals surface area contributed by atoms with Crippen molar-refractivity contribution < 1.29 is 0 Å². The van der Waals surface area contributed by atoms with Gasteiger partial charge in [0, 0.05) is 27.5 Å². The van der Waals surface area contributed by atoms with Crippen molar-refractivity contribution in [1.29, 1.82) is 0 Å². The molecule has 0 aliphatic rings. The van der Waals surface area contributed by atoms with E-state index in [-0.39, 0.29) is 0 Å². The van der Waals surface area contributed by atoms with Crippen LogP contribution in [0.3, 0.4) is 0 Å². The molecular formula is C47H32N2. The van der Waals surface area contributed by atoms with Gasteiger partial charge in [-0.3, -0.25) is 4.98 Å². The molecule has 49 heavy (non-hydrogen) atoms. The molecule has 0 saturated carbocycles. The molecule has 0 aliphatic carbocycles. The highest BCUT2D eigenvalue weighted by Crippen LogP contribution is 2.45. The molecule has 0 unspecified atom stereocenters. The Balaban J connectivity index is 1.45. The van der Waals surface area contributed by atoms with Crippen LogP contribution in [0.2, 0.25) is 0 Å². The second-order valence-electron chi connectivity index (χ2n) is 12.4. The van der Waals surface area contributed by atoms with Gasteiger partial charge in [0.2, 0.25) is 0 Å². The summed E-state index contributed by atoms with van der Waals surface area (Å²) in [5, 5.41) is 2.41. The van der Waals surface area contributed by atoms with Crippen molar-refractivity contribution >= 4 is 21.8 Å². The average molecular weight is 625 g/mol. The summed E-state index contributed by atoms with van der Waals surface area (Å²) < 4.78 is 2.45. The van der Waals surface area contributed by atoms with Gasteiger partial charge in [-0.05, 0) is 69.8 Å². The quantitative estimate of drug-likeness (QED) is 0.180. The molecule has 0 radical (unpaired) electrons. The van der Waals surface area contributed by atoms with Crippen molar-refractivity contribution in [2.75, 3.05) is 0 Å². The van der Waals surface area contributed by atoms with Crippen molar-refractivity contribution in [3.8, 4) is 61.5 Å². The summed E-state index contributed by atoms with van der Waals surface area (Å²) in [5.74, 6) is 0. The predicted molar refractivity (Wildman–Crippen MR) is 206 cm³/mol. The van der Waals surface area contributed by atoms with Gasteiger partial charge in [-0.1, -0.05) is 152 Å². The van der Waals surface area contributed by atoms with E-state index in [4.69, 9.17) is 4.98 Å². The molecule has 0 atom stereocenters. The standard InChI is InChI=1S/C47H32N2/c1-6-16-33(17-7-1)38-28-41(35-20-10-3-11-21-35)46-43(30-38)44-31-39(34-18-8-2-9-19-34)29-42(36-22-12-4-13-23-36)47(44)49(46)40-26-27-45(48-32-40)37-24-14-5-15-25-37/h1-32H. The van der Waals surface area contributed by atoms with E-state index in [0.717, 1.165) is 28.0 Å². The number of hydrogen-bond acceptors (Lipinski definition) is 1. The Bertz CT molecular complexity index is 2400. The van der Waals surface area contributed by atoms with E-state index in [1.54, 1.807) is 0 Å². The van der Waals surface area contributed by atoms with Gasteiger partial charge < -0.3 is 4.57 Å². The lowest BCUT2D eigenvalue weighted by Gasteiger charge is -2.16. The Morgan fingerprint density at radius 2 is 0.714 bits per heavy atom. The molecule has 0 N–H and O–H groups in total. The highest BCUT2D eigenvalue weighted by Gasteiger charge is 2.22. The number of pyridine rings is 1. The molecule has 230 valence electrons. The van der Waals surface area contributed by atoms with Crippen LogP contribution in [0.15, 0.2) is 194 Å². The van der Waals surface area contributed by atoms with E-state index in [1.165, 1.54) is 55.3 Å². The van der Waals surface area contributed by atoms with Gasteiger partial charge in [0.25, 0.3) is 0 Å². The number of hydrogen-bond donors (Lipinski definition) is 0. The molecule has 2 heteroatoms. The number of benzene rings is 7. The summed E-state index contributed by atoms with van der Waals surface area (Å²) in [7, 11) is 0. The molecule has 9 rings (SSSR count). The molecular weight excluding hydrogens is 593 g/mol. The summed E-state index contributed by atoms with van der Waals surface area (Å²) >= 11 is 0. The molecule has 0 saturated heterocycles. The first-order valence-electron chi connectivity index (χ1n) is 16.7. The molecule has 0 fully saturated rings. The molecule has 2 heterocycles. The van der Waals surface area contributed by atoms with Crippen LogP contribution in [0.1, 0.15) is 0 Å². The van der Waals surface area contributed by atoms with Crippen molar-refractivity contribution in [3.63, 3.8) is 0 Å². The van der Waals surface area contributed by atoms with Gasteiger partial charge >= 0.3 is 0 Å². The largest absolute Gasteiger partial charge is 0.306 e. The summed E-state index contributed by atoms with van der Waals surface area (Å²) in [4.78, 5) is 5.03. The van der Waals surface area contributed by atoms with E-state index in [0.29, 0.717) is 0 Å². The van der Waals surface area contributed by atoms with Crippen LogP contribution in [0.4, 0.5) is 0 Å². The minimum atomic E-state index is 0.953. The Morgan fingerprint density at radius 1 is 0.327 bits per heavy atom. The van der Waals surface area contributed by atoms with Gasteiger partial charge in [0.1, 0.15) is 0 Å². The molecule has 9 aromatic rings. The van der Waals surface area contributed by atoms with Gasteiger partial charge in [0.05, 0.1) is 28.6 Å². The minimum Gasteiger partial charge on any atom is -0.306 e. The highest BCUT2D eigenvalue weighted by molar-refractivity contribution is 6.19. The topological polar surface area (TPSA) is 17.8 Å². The van der Waals surface area contributed by atoms with Crippen LogP contribution in [0.25, 0.3) is 83.3 Å². The summed E-state index contributed by atoms with van der Waals surface area (Å²) in [6, 6.07) is 67.2. The van der Waals surface area contributed by atoms with E-state index in [9.17, 15) is 0 Å². The number of rotatable bonds is 6. The van der Waals surface area contributed by atoms with Crippen molar-refractivity contribution in [3.05, 3.63) is 194 Å². The first kappa shape index (κ1) is 28.7. The van der Waals surface area contributed by atoms with Crippen LogP contribution >= 0.6 is 0 Å². The third-order valence-corrected chi connectivity index (χ3v) is 9.42. The normalized spacial score (nSPS) is 11.3. The van der Waals surface area contributed by atoms with E-state index >= 15 is 0 Å². The van der Waals surface area contributed by atoms with E-state index in [1.807, 2.05) is 12.3 Å². The summed E-state index contributed by atoms with van der Waals surface area (Å²) in [6.07, 6.45) is 2.03. The van der Waals surface area contributed by atoms with Crippen LogP contribution in [-0.4, -0.2) is 9.55 Å². The maximum Gasteiger partial charge on any atom is 0.0703 e. The van der Waals surface area contributed by atoms with Crippen LogP contribution in [-0.2, 0) is 0 Å². The Labute approximate surface area is 286 Å². The molecule has 0 aliphatic heterocycles.